The van der Waals surface area contributed by atoms with E-state index in [4.69, 9.17) is 4.74 Å². The number of carbonyl (C=O) groups excluding carboxylic acids is 1. The van der Waals surface area contributed by atoms with Gasteiger partial charge in [0, 0.05) is 50.0 Å². The van der Waals surface area contributed by atoms with Crippen molar-refractivity contribution >= 4 is 17.7 Å². The quantitative estimate of drug-likeness (QED) is 0.583. The van der Waals surface area contributed by atoms with Crippen LogP contribution in [-0.2, 0) is 16.1 Å². The van der Waals surface area contributed by atoms with Gasteiger partial charge < -0.3 is 24.4 Å². The van der Waals surface area contributed by atoms with Gasteiger partial charge in [-0.25, -0.2) is 4.79 Å². The summed E-state index contributed by atoms with van der Waals surface area (Å²) >= 11 is 0. The van der Waals surface area contributed by atoms with E-state index in [2.05, 4.69) is 20.6 Å². The predicted molar refractivity (Wildman–Crippen MR) is 131 cm³/mol. The van der Waals surface area contributed by atoms with Crippen molar-refractivity contribution < 1.29 is 37.3 Å². The first-order valence-electron chi connectivity index (χ1n) is 12.9. The van der Waals surface area contributed by atoms with Crippen LogP contribution in [0.3, 0.4) is 0 Å². The second-order valence-corrected chi connectivity index (χ2v) is 10.4. The third-order valence-electron chi connectivity index (χ3n) is 8.20. The molecule has 3 aliphatic heterocycles. The lowest BCUT2D eigenvalue weighted by Gasteiger charge is -2.45. The maximum absolute atomic E-state index is 12.8. The molecule has 0 bridgehead atoms. The SMILES string of the molecule is COc1cc(CN2CCCC23CCN(C(=O)OC(C)C(F)(F)F)CC3)cc(N2CCC(C(=O)O)CC2)c1. The number of nitrogens with zero attached hydrogens (tertiary/aromatic N) is 3. The average Bonchev–Trinajstić information content (AvgIpc) is 3.24. The number of alkyl halides is 3. The van der Waals surface area contributed by atoms with E-state index in [1.807, 2.05) is 12.1 Å². The molecule has 8 nitrogen and oxygen atoms in total. The van der Waals surface area contributed by atoms with Gasteiger partial charge in [-0.1, -0.05) is 0 Å². The number of benzene rings is 1. The summed E-state index contributed by atoms with van der Waals surface area (Å²) in [5, 5.41) is 9.30. The van der Waals surface area contributed by atoms with Gasteiger partial charge in [-0.3, -0.25) is 9.69 Å². The Morgan fingerprint density at radius 3 is 2.35 bits per heavy atom. The highest BCUT2D eigenvalue weighted by atomic mass is 19.4. The Hall–Kier alpha value is -2.69. The van der Waals surface area contributed by atoms with Crippen molar-refractivity contribution in [2.45, 2.75) is 69.8 Å². The number of carbonyl (C=O) groups is 2. The molecule has 0 aliphatic carbocycles. The summed E-state index contributed by atoms with van der Waals surface area (Å²) in [6.45, 7) is 4.53. The molecule has 4 rings (SSSR count). The third-order valence-corrected chi connectivity index (χ3v) is 8.20. The van der Waals surface area contributed by atoms with Gasteiger partial charge in [0.2, 0.25) is 0 Å². The standard InChI is InChI=1S/C26H36F3N3O5/c1-18(26(27,28)29)37-24(35)31-12-7-25(8-13-31)6-3-9-32(25)17-19-14-21(16-22(15-19)36-2)30-10-4-20(5-11-30)23(33)34/h14-16,18,20H,3-13,17H2,1-2H3,(H,33,34). The maximum Gasteiger partial charge on any atom is 0.425 e. The summed E-state index contributed by atoms with van der Waals surface area (Å²) in [4.78, 5) is 29.6. The first-order valence-corrected chi connectivity index (χ1v) is 12.9. The fourth-order valence-electron chi connectivity index (χ4n) is 5.85. The molecular formula is C26H36F3N3O5. The monoisotopic (exact) mass is 527 g/mol. The summed E-state index contributed by atoms with van der Waals surface area (Å²) in [5.41, 5.74) is 2.01. The van der Waals surface area contributed by atoms with Crippen molar-refractivity contribution in [3.8, 4) is 5.75 Å². The number of ether oxygens (including phenoxy) is 2. The fraction of sp³-hybridized carbons (Fsp3) is 0.692. The van der Waals surface area contributed by atoms with Crippen LogP contribution in [0.25, 0.3) is 0 Å². The van der Waals surface area contributed by atoms with E-state index in [1.54, 1.807) is 7.11 Å². The number of rotatable bonds is 6. The van der Waals surface area contributed by atoms with Crippen LogP contribution >= 0.6 is 0 Å². The fourth-order valence-corrected chi connectivity index (χ4v) is 5.85. The summed E-state index contributed by atoms with van der Waals surface area (Å²) in [7, 11) is 1.63. The van der Waals surface area contributed by atoms with Crippen molar-refractivity contribution in [1.82, 2.24) is 9.80 Å². The zero-order chi connectivity index (χ0) is 26.8. The Balaban J connectivity index is 1.40. The largest absolute Gasteiger partial charge is 0.497 e. The number of aliphatic carboxylic acids is 1. The number of methoxy groups -OCH3 is 1. The first kappa shape index (κ1) is 27.3. The minimum absolute atomic E-state index is 0.102. The van der Waals surface area contributed by atoms with Crippen molar-refractivity contribution in [1.29, 1.82) is 0 Å². The summed E-state index contributed by atoms with van der Waals surface area (Å²) in [6.07, 6.45) is -3.02. The van der Waals surface area contributed by atoms with E-state index in [1.165, 1.54) is 4.90 Å². The first-order chi connectivity index (χ1) is 17.5. The van der Waals surface area contributed by atoms with Gasteiger partial charge in [0.25, 0.3) is 0 Å². The van der Waals surface area contributed by atoms with E-state index >= 15 is 0 Å². The van der Waals surface area contributed by atoms with Crippen molar-refractivity contribution in [3.63, 3.8) is 0 Å². The Kier molecular flexibility index (Phi) is 8.11. The molecule has 11 heteroatoms. The number of hydrogen-bond donors (Lipinski definition) is 1. The van der Waals surface area contributed by atoms with Crippen molar-refractivity contribution in [2.75, 3.05) is 44.7 Å². The van der Waals surface area contributed by atoms with Gasteiger partial charge in [-0.15, -0.1) is 0 Å². The van der Waals surface area contributed by atoms with Gasteiger partial charge in [0.15, 0.2) is 6.10 Å². The molecule has 1 aromatic rings. The molecule has 0 radical (unpaired) electrons. The number of likely N-dealkylation sites (tertiary alicyclic amines) is 2. The Morgan fingerprint density at radius 2 is 1.76 bits per heavy atom. The number of carboxylic acid groups (broad SMARTS) is 1. The molecule has 37 heavy (non-hydrogen) atoms. The third kappa shape index (κ3) is 6.25. The summed E-state index contributed by atoms with van der Waals surface area (Å²) in [6, 6.07) is 6.14. The summed E-state index contributed by atoms with van der Waals surface area (Å²) in [5.74, 6) is -0.289. The Labute approximate surface area is 215 Å². The number of amides is 1. The van der Waals surface area contributed by atoms with Gasteiger partial charge in [0.1, 0.15) is 5.75 Å². The van der Waals surface area contributed by atoms with Gasteiger partial charge >= 0.3 is 18.2 Å². The number of halogens is 3. The molecule has 1 N–H and O–H groups in total. The van der Waals surface area contributed by atoms with Crippen LogP contribution in [0.15, 0.2) is 18.2 Å². The van der Waals surface area contributed by atoms with E-state index in [-0.39, 0.29) is 11.5 Å². The number of anilines is 1. The molecule has 0 aromatic heterocycles. The molecule has 3 fully saturated rings. The highest BCUT2D eigenvalue weighted by molar-refractivity contribution is 5.70. The second-order valence-electron chi connectivity index (χ2n) is 10.4. The molecule has 0 saturated carbocycles. The van der Waals surface area contributed by atoms with Gasteiger partial charge in [0.05, 0.1) is 13.0 Å². The van der Waals surface area contributed by atoms with Crippen LogP contribution in [0.4, 0.5) is 23.7 Å². The molecule has 3 heterocycles. The molecule has 3 saturated heterocycles. The minimum atomic E-state index is -4.57. The zero-order valence-electron chi connectivity index (χ0n) is 21.4. The lowest BCUT2D eigenvalue weighted by Crippen LogP contribution is -2.53. The highest BCUT2D eigenvalue weighted by Crippen LogP contribution is 2.40. The molecule has 1 amide bonds. The van der Waals surface area contributed by atoms with E-state index in [9.17, 15) is 27.9 Å². The summed E-state index contributed by atoms with van der Waals surface area (Å²) < 4.78 is 48.6. The van der Waals surface area contributed by atoms with E-state index < -0.39 is 24.3 Å². The lowest BCUT2D eigenvalue weighted by molar-refractivity contribution is -0.200. The van der Waals surface area contributed by atoms with E-state index in [0.717, 1.165) is 43.3 Å². The lowest BCUT2D eigenvalue weighted by atomic mass is 9.85. The van der Waals surface area contributed by atoms with E-state index in [0.29, 0.717) is 58.4 Å². The topological polar surface area (TPSA) is 82.6 Å². The molecule has 3 aliphatic rings. The Bertz CT molecular complexity index is 973. The maximum atomic E-state index is 12.8. The van der Waals surface area contributed by atoms with Crippen LogP contribution in [0.1, 0.15) is 51.0 Å². The minimum Gasteiger partial charge on any atom is -0.497 e. The number of piperidine rings is 2. The zero-order valence-corrected chi connectivity index (χ0v) is 21.4. The molecule has 1 spiro atoms. The molecule has 1 aromatic carbocycles. The van der Waals surface area contributed by atoms with Crippen LogP contribution in [-0.4, -0.2) is 84.6 Å². The van der Waals surface area contributed by atoms with Crippen molar-refractivity contribution in [2.24, 2.45) is 5.92 Å². The van der Waals surface area contributed by atoms with Crippen LogP contribution in [0.2, 0.25) is 0 Å². The molecule has 1 unspecified atom stereocenters. The Morgan fingerprint density at radius 1 is 1.08 bits per heavy atom. The van der Waals surface area contributed by atoms with Crippen LogP contribution < -0.4 is 9.64 Å². The normalized spacial score (nSPS) is 21.8. The second kappa shape index (κ2) is 11.0. The number of hydrogen-bond acceptors (Lipinski definition) is 6. The molecule has 206 valence electrons. The van der Waals surface area contributed by atoms with Crippen molar-refractivity contribution in [3.05, 3.63) is 23.8 Å². The van der Waals surface area contributed by atoms with Gasteiger partial charge in [-0.2, -0.15) is 13.2 Å². The number of carboxylic acids is 1. The van der Waals surface area contributed by atoms with Gasteiger partial charge in [-0.05, 0) is 69.7 Å². The smallest absolute Gasteiger partial charge is 0.425 e. The average molecular weight is 528 g/mol. The highest BCUT2D eigenvalue weighted by Gasteiger charge is 2.45. The predicted octanol–water partition coefficient (Wildman–Crippen LogP) is 4.51. The van der Waals surface area contributed by atoms with Crippen LogP contribution in [0, 0.1) is 5.92 Å². The molecular weight excluding hydrogens is 491 g/mol. The molecule has 1 atom stereocenters. The van der Waals surface area contributed by atoms with Crippen LogP contribution in [0.5, 0.6) is 5.75 Å².